The number of benzene rings is 1. The second-order valence-corrected chi connectivity index (χ2v) is 4.84. The number of nitrogen functional groups attached to an aromatic ring is 1. The Bertz CT molecular complexity index is 561. The average Bonchev–Trinajstić information content (AvgIpc) is 2.48. The van der Waals surface area contributed by atoms with Gasteiger partial charge in [0.25, 0.3) is 0 Å². The molecular formula is C16H21Cl2N3O. The number of amides is 1. The number of nitrogens with two attached hydrogens (primary N) is 1. The maximum atomic E-state index is 12.1. The minimum absolute atomic E-state index is 0. The Morgan fingerprint density at radius 2 is 1.64 bits per heavy atom. The standard InChI is InChI=1S/C16H19N3O.2ClH/c1-19(11-8-13-6-9-18-10-7-13)16(20)12-14-2-4-15(17)5-3-14;;/h2-7,9-10H,8,11-12,17H2,1H3;2*1H. The Labute approximate surface area is 143 Å². The highest BCUT2D eigenvalue weighted by Crippen LogP contribution is 2.07. The van der Waals surface area contributed by atoms with Crippen molar-refractivity contribution in [2.24, 2.45) is 0 Å². The predicted octanol–water partition coefficient (Wildman–Crippen LogP) is 2.75. The molecule has 2 N–H and O–H groups in total. The van der Waals surface area contributed by atoms with Gasteiger partial charge in [-0.2, -0.15) is 0 Å². The zero-order valence-electron chi connectivity index (χ0n) is 12.4. The molecule has 0 saturated heterocycles. The molecule has 2 aromatic rings. The molecule has 1 heterocycles. The molecule has 1 amide bonds. The maximum absolute atomic E-state index is 12.1. The molecule has 0 fully saturated rings. The van der Waals surface area contributed by atoms with Gasteiger partial charge in [0.15, 0.2) is 0 Å². The lowest BCUT2D eigenvalue weighted by Gasteiger charge is -2.17. The van der Waals surface area contributed by atoms with E-state index < -0.39 is 0 Å². The first-order valence-corrected chi connectivity index (χ1v) is 6.62. The number of nitrogens with zero attached hydrogens (tertiary/aromatic N) is 2. The molecule has 2 rings (SSSR count). The molecule has 0 aliphatic carbocycles. The van der Waals surface area contributed by atoms with E-state index in [1.165, 1.54) is 5.56 Å². The largest absolute Gasteiger partial charge is 0.399 e. The number of anilines is 1. The van der Waals surface area contributed by atoms with Crippen LogP contribution < -0.4 is 5.73 Å². The van der Waals surface area contributed by atoms with E-state index in [4.69, 9.17) is 5.73 Å². The summed E-state index contributed by atoms with van der Waals surface area (Å²) in [5.74, 6) is 0.115. The second-order valence-electron chi connectivity index (χ2n) is 4.84. The predicted molar refractivity (Wildman–Crippen MR) is 94.6 cm³/mol. The van der Waals surface area contributed by atoms with Crippen molar-refractivity contribution in [2.45, 2.75) is 12.8 Å². The third-order valence-corrected chi connectivity index (χ3v) is 3.25. The van der Waals surface area contributed by atoms with Gasteiger partial charge in [-0.15, -0.1) is 24.8 Å². The molecule has 120 valence electrons. The maximum Gasteiger partial charge on any atom is 0.226 e. The van der Waals surface area contributed by atoms with Crippen LogP contribution in [0.25, 0.3) is 0 Å². The third-order valence-electron chi connectivity index (χ3n) is 3.25. The van der Waals surface area contributed by atoms with E-state index in [0.717, 1.165) is 12.0 Å². The van der Waals surface area contributed by atoms with Crippen molar-refractivity contribution < 1.29 is 4.79 Å². The van der Waals surface area contributed by atoms with E-state index >= 15 is 0 Å². The number of hydrogen-bond acceptors (Lipinski definition) is 3. The van der Waals surface area contributed by atoms with E-state index in [2.05, 4.69) is 4.98 Å². The Balaban J connectivity index is 0.00000220. The van der Waals surface area contributed by atoms with Crippen LogP contribution in [0.15, 0.2) is 48.8 Å². The fourth-order valence-corrected chi connectivity index (χ4v) is 1.92. The Morgan fingerprint density at radius 1 is 1.05 bits per heavy atom. The molecule has 0 unspecified atom stereocenters. The van der Waals surface area contributed by atoms with Gasteiger partial charge in [-0.25, -0.2) is 0 Å². The molecule has 4 nitrogen and oxygen atoms in total. The molecule has 0 aliphatic rings. The minimum atomic E-state index is 0. The number of carbonyl (C=O) groups is 1. The molecule has 0 bridgehead atoms. The van der Waals surface area contributed by atoms with Gasteiger partial charge >= 0.3 is 0 Å². The van der Waals surface area contributed by atoms with E-state index in [1.807, 2.05) is 43.4 Å². The smallest absolute Gasteiger partial charge is 0.226 e. The normalized spacial score (nSPS) is 9.32. The summed E-state index contributed by atoms with van der Waals surface area (Å²) >= 11 is 0. The number of aromatic nitrogens is 1. The molecule has 1 aromatic carbocycles. The van der Waals surface area contributed by atoms with E-state index in [1.54, 1.807) is 17.3 Å². The van der Waals surface area contributed by atoms with Crippen LogP contribution in [-0.2, 0) is 17.6 Å². The van der Waals surface area contributed by atoms with Gasteiger partial charge in [0, 0.05) is 31.7 Å². The van der Waals surface area contributed by atoms with Gasteiger partial charge in [-0.1, -0.05) is 12.1 Å². The van der Waals surface area contributed by atoms with Crippen LogP contribution in [0.1, 0.15) is 11.1 Å². The molecule has 6 heteroatoms. The molecule has 22 heavy (non-hydrogen) atoms. The van der Waals surface area contributed by atoms with Crippen LogP contribution in [-0.4, -0.2) is 29.4 Å². The van der Waals surface area contributed by atoms with Crippen LogP contribution in [0.3, 0.4) is 0 Å². The molecule has 0 atom stereocenters. The summed E-state index contributed by atoms with van der Waals surface area (Å²) in [6.45, 7) is 0.706. The van der Waals surface area contributed by atoms with Crippen LogP contribution >= 0.6 is 24.8 Å². The number of hydrogen-bond donors (Lipinski definition) is 1. The number of halogens is 2. The average molecular weight is 342 g/mol. The number of likely N-dealkylation sites (N-methyl/N-ethyl adjacent to an activating group) is 1. The Hall–Kier alpha value is -1.78. The van der Waals surface area contributed by atoms with E-state index in [0.29, 0.717) is 18.7 Å². The van der Waals surface area contributed by atoms with Crippen LogP contribution in [0.5, 0.6) is 0 Å². The van der Waals surface area contributed by atoms with Gasteiger partial charge < -0.3 is 10.6 Å². The van der Waals surface area contributed by atoms with Crippen molar-refractivity contribution >= 4 is 36.4 Å². The number of pyridine rings is 1. The van der Waals surface area contributed by atoms with Crippen LogP contribution in [0.4, 0.5) is 5.69 Å². The fraction of sp³-hybridized carbons (Fsp3) is 0.250. The highest BCUT2D eigenvalue weighted by Gasteiger charge is 2.09. The van der Waals surface area contributed by atoms with Gasteiger partial charge in [0.1, 0.15) is 0 Å². The topological polar surface area (TPSA) is 59.2 Å². The summed E-state index contributed by atoms with van der Waals surface area (Å²) in [7, 11) is 1.83. The highest BCUT2D eigenvalue weighted by atomic mass is 35.5. The Morgan fingerprint density at radius 3 is 2.23 bits per heavy atom. The molecule has 1 aromatic heterocycles. The van der Waals surface area contributed by atoms with Crippen molar-refractivity contribution in [1.29, 1.82) is 0 Å². The summed E-state index contributed by atoms with van der Waals surface area (Å²) in [6.07, 6.45) is 4.79. The number of carbonyl (C=O) groups excluding carboxylic acids is 1. The van der Waals surface area contributed by atoms with Crippen molar-refractivity contribution in [1.82, 2.24) is 9.88 Å². The quantitative estimate of drug-likeness (QED) is 0.850. The van der Waals surface area contributed by atoms with Gasteiger partial charge in [-0.05, 0) is 41.8 Å². The monoisotopic (exact) mass is 341 g/mol. The van der Waals surface area contributed by atoms with Gasteiger partial charge in [0.05, 0.1) is 6.42 Å². The molecule has 0 spiro atoms. The minimum Gasteiger partial charge on any atom is -0.399 e. The summed E-state index contributed by atoms with van der Waals surface area (Å²) in [4.78, 5) is 17.8. The number of rotatable bonds is 5. The first-order chi connectivity index (χ1) is 9.65. The van der Waals surface area contributed by atoms with Crippen molar-refractivity contribution in [3.8, 4) is 0 Å². The molecule has 0 radical (unpaired) electrons. The summed E-state index contributed by atoms with van der Waals surface area (Å²) < 4.78 is 0. The Kier molecular flexibility index (Phi) is 9.22. The van der Waals surface area contributed by atoms with Crippen molar-refractivity contribution in [3.05, 3.63) is 59.9 Å². The summed E-state index contributed by atoms with van der Waals surface area (Å²) in [5.41, 5.74) is 8.52. The molecule has 0 saturated carbocycles. The fourth-order valence-electron chi connectivity index (χ4n) is 1.92. The first kappa shape index (κ1) is 20.2. The summed E-state index contributed by atoms with van der Waals surface area (Å²) in [5, 5.41) is 0. The highest BCUT2D eigenvalue weighted by molar-refractivity contribution is 5.85. The molecular weight excluding hydrogens is 321 g/mol. The van der Waals surface area contributed by atoms with Crippen molar-refractivity contribution in [3.63, 3.8) is 0 Å². The van der Waals surface area contributed by atoms with Crippen LogP contribution in [0, 0.1) is 0 Å². The SMILES string of the molecule is CN(CCc1ccncc1)C(=O)Cc1ccc(N)cc1.Cl.Cl. The zero-order valence-corrected chi connectivity index (χ0v) is 14.1. The van der Waals surface area contributed by atoms with Gasteiger partial charge in [-0.3, -0.25) is 9.78 Å². The lowest BCUT2D eigenvalue weighted by Crippen LogP contribution is -2.30. The zero-order chi connectivity index (χ0) is 14.4. The molecule has 0 aliphatic heterocycles. The van der Waals surface area contributed by atoms with Crippen molar-refractivity contribution in [2.75, 3.05) is 19.3 Å². The van der Waals surface area contributed by atoms with E-state index in [9.17, 15) is 4.79 Å². The summed E-state index contributed by atoms with van der Waals surface area (Å²) in [6, 6.07) is 11.4. The third kappa shape index (κ3) is 6.33. The lowest BCUT2D eigenvalue weighted by molar-refractivity contribution is -0.129. The first-order valence-electron chi connectivity index (χ1n) is 6.62. The lowest BCUT2D eigenvalue weighted by atomic mass is 10.1. The van der Waals surface area contributed by atoms with Gasteiger partial charge in [0.2, 0.25) is 5.91 Å². The van der Waals surface area contributed by atoms with Crippen LogP contribution in [0.2, 0.25) is 0 Å². The van der Waals surface area contributed by atoms with E-state index in [-0.39, 0.29) is 30.7 Å². The second kappa shape index (κ2) is 10.0.